The molecule has 0 aromatic heterocycles. The minimum Gasteiger partial charge on any atom is -0.491 e. The molecule has 1 atom stereocenters. The zero-order chi connectivity index (χ0) is 14.4. The number of hydrogen-bond acceptors (Lipinski definition) is 2. The highest BCUT2D eigenvalue weighted by atomic mass is 16.5. The van der Waals surface area contributed by atoms with E-state index in [4.69, 9.17) is 21.9 Å². The summed E-state index contributed by atoms with van der Waals surface area (Å²) in [6, 6.07) is 5.79. The number of aryl methyl sites for hydroxylation is 1. The minimum absolute atomic E-state index is 0.0528. The summed E-state index contributed by atoms with van der Waals surface area (Å²) in [6.07, 6.45) is 0. The van der Waals surface area contributed by atoms with Crippen LogP contribution in [0, 0.1) is 13.8 Å². The van der Waals surface area contributed by atoms with Crippen LogP contribution in [0.5, 0.6) is 5.75 Å². The van der Waals surface area contributed by atoms with Crippen LogP contribution < -0.4 is 21.9 Å². The summed E-state index contributed by atoms with van der Waals surface area (Å²) in [5.41, 5.74) is 18.3. The van der Waals surface area contributed by atoms with Crippen molar-refractivity contribution in [1.82, 2.24) is 0 Å². The largest absolute Gasteiger partial charge is 0.491 e. The topological polar surface area (TPSA) is 112 Å². The van der Waals surface area contributed by atoms with Crippen molar-refractivity contribution in [2.75, 3.05) is 6.61 Å². The molecule has 6 heteroatoms. The number of aliphatic imine (C=N–C) groups is 2. The van der Waals surface area contributed by atoms with Crippen LogP contribution in [0.25, 0.3) is 0 Å². The normalized spacial score (nSPS) is 12.9. The molecule has 0 aliphatic carbocycles. The number of hydrogen-bond donors (Lipinski definition) is 3. The van der Waals surface area contributed by atoms with Gasteiger partial charge in [-0.1, -0.05) is 12.1 Å². The first kappa shape index (κ1) is 14.8. The Hall–Kier alpha value is -2.24. The van der Waals surface area contributed by atoms with Crippen molar-refractivity contribution in [3.63, 3.8) is 0 Å². The molecule has 104 valence electrons. The van der Waals surface area contributed by atoms with E-state index >= 15 is 0 Å². The summed E-state index contributed by atoms with van der Waals surface area (Å²) in [5.74, 6) is 0.795. The van der Waals surface area contributed by atoms with Crippen LogP contribution in [-0.4, -0.2) is 24.6 Å². The molecule has 1 rings (SSSR count). The van der Waals surface area contributed by atoms with Gasteiger partial charge in [0.1, 0.15) is 12.4 Å². The Morgan fingerprint density at radius 1 is 1.26 bits per heavy atom. The molecule has 0 amide bonds. The zero-order valence-electron chi connectivity index (χ0n) is 11.6. The molecular formula is C13H21N5O. The predicted molar refractivity (Wildman–Crippen MR) is 78.3 cm³/mol. The quantitative estimate of drug-likeness (QED) is 0.547. The highest BCUT2D eigenvalue weighted by molar-refractivity contribution is 5.92. The van der Waals surface area contributed by atoms with E-state index in [1.54, 1.807) is 0 Å². The third-order valence-corrected chi connectivity index (χ3v) is 2.63. The van der Waals surface area contributed by atoms with Crippen LogP contribution in [0.4, 0.5) is 0 Å². The lowest BCUT2D eigenvalue weighted by atomic mass is 10.1. The van der Waals surface area contributed by atoms with E-state index in [1.807, 2.05) is 39.0 Å². The molecule has 0 spiro atoms. The monoisotopic (exact) mass is 263 g/mol. The first-order valence-electron chi connectivity index (χ1n) is 6.02. The SMILES string of the molecule is Cc1cccc(OCC(C)N=C(N)N=C(N)N)c1C. The Balaban J connectivity index is 2.62. The molecule has 0 aliphatic heterocycles. The molecule has 0 bridgehead atoms. The molecule has 0 saturated carbocycles. The summed E-state index contributed by atoms with van der Waals surface area (Å²) < 4.78 is 5.71. The fourth-order valence-corrected chi connectivity index (χ4v) is 1.52. The zero-order valence-corrected chi connectivity index (χ0v) is 11.6. The Bertz CT molecular complexity index is 492. The number of benzene rings is 1. The van der Waals surface area contributed by atoms with Crippen molar-refractivity contribution >= 4 is 11.9 Å². The van der Waals surface area contributed by atoms with E-state index in [1.165, 1.54) is 5.56 Å². The van der Waals surface area contributed by atoms with Gasteiger partial charge in [-0.15, -0.1) is 0 Å². The van der Waals surface area contributed by atoms with E-state index in [0.717, 1.165) is 11.3 Å². The van der Waals surface area contributed by atoms with Crippen LogP contribution in [0.3, 0.4) is 0 Å². The molecule has 1 unspecified atom stereocenters. The Morgan fingerprint density at radius 3 is 2.58 bits per heavy atom. The van der Waals surface area contributed by atoms with Crippen LogP contribution in [-0.2, 0) is 0 Å². The fraction of sp³-hybridized carbons (Fsp3) is 0.385. The predicted octanol–water partition coefficient (Wildman–Crippen LogP) is 0.659. The van der Waals surface area contributed by atoms with Crippen LogP contribution in [0.2, 0.25) is 0 Å². The second-order valence-corrected chi connectivity index (χ2v) is 4.38. The molecule has 0 radical (unpaired) electrons. The van der Waals surface area contributed by atoms with Crippen molar-refractivity contribution in [2.45, 2.75) is 26.8 Å². The second kappa shape index (κ2) is 6.63. The van der Waals surface area contributed by atoms with Crippen molar-refractivity contribution in [1.29, 1.82) is 0 Å². The van der Waals surface area contributed by atoms with E-state index < -0.39 is 0 Å². The van der Waals surface area contributed by atoms with Gasteiger partial charge in [-0.05, 0) is 38.0 Å². The molecule has 6 nitrogen and oxygen atoms in total. The van der Waals surface area contributed by atoms with Crippen molar-refractivity contribution in [3.05, 3.63) is 29.3 Å². The van der Waals surface area contributed by atoms with Gasteiger partial charge in [-0.2, -0.15) is 4.99 Å². The molecule has 0 fully saturated rings. The standard InChI is InChI=1S/C13H21N5O/c1-8-5-4-6-11(10(8)3)19-7-9(2)17-13(16)18-12(14)15/h4-6,9H,7H2,1-3H3,(H6,14,15,16,17,18). The van der Waals surface area contributed by atoms with Gasteiger partial charge in [0.15, 0.2) is 5.96 Å². The summed E-state index contributed by atoms with van der Waals surface area (Å²) in [6.45, 7) is 6.35. The van der Waals surface area contributed by atoms with Gasteiger partial charge in [-0.3, -0.25) is 0 Å². The Kier molecular flexibility index (Phi) is 5.17. The second-order valence-electron chi connectivity index (χ2n) is 4.38. The number of ether oxygens (including phenoxy) is 1. The number of nitrogens with zero attached hydrogens (tertiary/aromatic N) is 2. The fourth-order valence-electron chi connectivity index (χ4n) is 1.52. The Labute approximate surface area is 113 Å². The van der Waals surface area contributed by atoms with Gasteiger partial charge in [0.25, 0.3) is 0 Å². The van der Waals surface area contributed by atoms with Gasteiger partial charge in [-0.25, -0.2) is 4.99 Å². The highest BCUT2D eigenvalue weighted by Crippen LogP contribution is 2.20. The van der Waals surface area contributed by atoms with Gasteiger partial charge in [0.2, 0.25) is 5.96 Å². The molecule has 0 aliphatic rings. The number of rotatable bonds is 4. The number of guanidine groups is 2. The lowest BCUT2D eigenvalue weighted by Gasteiger charge is -2.13. The van der Waals surface area contributed by atoms with E-state index in [0.29, 0.717) is 6.61 Å². The molecule has 19 heavy (non-hydrogen) atoms. The van der Waals surface area contributed by atoms with Gasteiger partial charge in [0.05, 0.1) is 6.04 Å². The van der Waals surface area contributed by atoms with Gasteiger partial charge < -0.3 is 21.9 Å². The van der Waals surface area contributed by atoms with E-state index in [2.05, 4.69) is 9.98 Å². The van der Waals surface area contributed by atoms with E-state index in [9.17, 15) is 0 Å². The van der Waals surface area contributed by atoms with Crippen LogP contribution >= 0.6 is 0 Å². The van der Waals surface area contributed by atoms with E-state index in [-0.39, 0.29) is 18.0 Å². The van der Waals surface area contributed by atoms with Crippen molar-refractivity contribution in [3.8, 4) is 5.75 Å². The summed E-state index contributed by atoms with van der Waals surface area (Å²) in [5, 5.41) is 0. The number of nitrogens with two attached hydrogens (primary N) is 3. The maximum absolute atomic E-state index is 5.71. The average molecular weight is 263 g/mol. The molecule has 6 N–H and O–H groups in total. The lowest BCUT2D eigenvalue weighted by molar-refractivity contribution is 0.295. The van der Waals surface area contributed by atoms with Crippen LogP contribution in [0.1, 0.15) is 18.1 Å². The highest BCUT2D eigenvalue weighted by Gasteiger charge is 2.05. The third kappa shape index (κ3) is 4.87. The summed E-state index contributed by atoms with van der Waals surface area (Å²) in [4.78, 5) is 7.75. The first-order valence-corrected chi connectivity index (χ1v) is 6.02. The molecule has 1 aromatic rings. The smallest absolute Gasteiger partial charge is 0.218 e. The minimum atomic E-state index is -0.136. The van der Waals surface area contributed by atoms with Crippen molar-refractivity contribution < 1.29 is 4.74 Å². The maximum atomic E-state index is 5.71. The summed E-state index contributed by atoms with van der Waals surface area (Å²) in [7, 11) is 0. The van der Waals surface area contributed by atoms with Gasteiger partial charge in [0, 0.05) is 0 Å². The van der Waals surface area contributed by atoms with Crippen LogP contribution in [0.15, 0.2) is 28.2 Å². The maximum Gasteiger partial charge on any atom is 0.218 e. The van der Waals surface area contributed by atoms with Gasteiger partial charge >= 0.3 is 0 Å². The van der Waals surface area contributed by atoms with Crippen molar-refractivity contribution in [2.24, 2.45) is 27.2 Å². The third-order valence-electron chi connectivity index (χ3n) is 2.63. The molecule has 1 aromatic carbocycles. The Morgan fingerprint density at radius 2 is 1.95 bits per heavy atom. The lowest BCUT2D eigenvalue weighted by Crippen LogP contribution is -2.27. The first-order chi connectivity index (χ1) is 8.90. The molecule has 0 heterocycles. The molecule has 0 saturated heterocycles. The summed E-state index contributed by atoms with van der Waals surface area (Å²) >= 11 is 0. The average Bonchev–Trinajstić information content (AvgIpc) is 2.30. The molecular weight excluding hydrogens is 242 g/mol.